The third-order valence-corrected chi connectivity index (χ3v) is 2.92. The molecular weight excluding hydrogens is 164 g/mol. The average Bonchev–Trinajstić information content (AvgIpc) is 2.10. The van der Waals surface area contributed by atoms with Crippen LogP contribution in [0.3, 0.4) is 0 Å². The number of carbonyl (C=O) groups excluding carboxylic acids is 1. The van der Waals surface area contributed by atoms with Crippen LogP contribution < -0.4 is 0 Å². The summed E-state index contributed by atoms with van der Waals surface area (Å²) in [5.41, 5.74) is 0. The van der Waals surface area contributed by atoms with Gasteiger partial charge in [-0.2, -0.15) is 5.26 Å². The minimum atomic E-state index is -0.0127. The van der Waals surface area contributed by atoms with E-state index in [1.54, 1.807) is 0 Å². The zero-order chi connectivity index (χ0) is 9.84. The molecule has 1 fully saturated rings. The van der Waals surface area contributed by atoms with E-state index < -0.39 is 0 Å². The summed E-state index contributed by atoms with van der Waals surface area (Å²) < 4.78 is 0. The molecule has 1 rings (SSSR count). The second-order valence-corrected chi connectivity index (χ2v) is 3.92. The molecule has 3 nitrogen and oxygen atoms in total. The molecule has 72 valence electrons. The Morgan fingerprint density at radius 3 is 2.77 bits per heavy atom. The van der Waals surface area contributed by atoms with E-state index in [0.717, 1.165) is 19.5 Å². The fourth-order valence-electron chi connectivity index (χ4n) is 1.67. The molecule has 2 atom stereocenters. The number of hydrogen-bond acceptors (Lipinski definition) is 2. The number of rotatable bonds is 1. The van der Waals surface area contributed by atoms with Crippen LogP contribution in [-0.2, 0) is 4.79 Å². The van der Waals surface area contributed by atoms with E-state index in [0.29, 0.717) is 11.8 Å². The highest BCUT2D eigenvalue weighted by atomic mass is 16.2. The minimum absolute atomic E-state index is 0.0127. The van der Waals surface area contributed by atoms with Crippen LogP contribution in [0, 0.1) is 23.2 Å². The molecule has 1 saturated heterocycles. The Bertz CT molecular complexity index is 232. The van der Waals surface area contributed by atoms with Gasteiger partial charge in [-0.1, -0.05) is 13.8 Å². The molecular formula is C10H16N2O. The number of nitrogens with zero attached hydrogens (tertiary/aromatic N) is 2. The molecule has 0 aromatic rings. The van der Waals surface area contributed by atoms with Gasteiger partial charge in [-0.15, -0.1) is 0 Å². The van der Waals surface area contributed by atoms with Gasteiger partial charge in [0.05, 0.1) is 6.07 Å². The van der Waals surface area contributed by atoms with Gasteiger partial charge in [0, 0.05) is 13.1 Å². The van der Waals surface area contributed by atoms with E-state index in [1.807, 2.05) is 11.0 Å². The number of piperidine rings is 1. The van der Waals surface area contributed by atoms with Crippen LogP contribution in [0.25, 0.3) is 0 Å². The molecule has 0 saturated carbocycles. The van der Waals surface area contributed by atoms with Crippen LogP contribution in [-0.4, -0.2) is 23.9 Å². The number of carbonyl (C=O) groups is 1. The lowest BCUT2D eigenvalue weighted by molar-refractivity contribution is -0.132. The van der Waals surface area contributed by atoms with Gasteiger partial charge in [-0.25, -0.2) is 0 Å². The molecule has 2 unspecified atom stereocenters. The van der Waals surface area contributed by atoms with E-state index in [4.69, 9.17) is 5.26 Å². The molecule has 0 aliphatic carbocycles. The lowest BCUT2D eigenvalue weighted by Gasteiger charge is -2.34. The zero-order valence-electron chi connectivity index (χ0n) is 8.29. The minimum Gasteiger partial charge on any atom is -0.342 e. The first-order chi connectivity index (χ1) is 6.15. The summed E-state index contributed by atoms with van der Waals surface area (Å²) in [5.74, 6) is 1.25. The normalized spacial score (nSPS) is 28.2. The Morgan fingerprint density at radius 1 is 1.54 bits per heavy atom. The fourth-order valence-corrected chi connectivity index (χ4v) is 1.67. The summed E-state index contributed by atoms with van der Waals surface area (Å²) in [5, 5.41) is 8.39. The number of likely N-dealkylation sites (tertiary alicyclic amines) is 1. The van der Waals surface area contributed by atoms with Crippen LogP contribution in [0.15, 0.2) is 0 Å². The maximum absolute atomic E-state index is 11.4. The predicted octanol–water partition coefficient (Wildman–Crippen LogP) is 1.40. The Labute approximate surface area is 79.3 Å². The summed E-state index contributed by atoms with van der Waals surface area (Å²) in [7, 11) is 0. The molecule has 1 aliphatic heterocycles. The highest BCUT2D eigenvalue weighted by Crippen LogP contribution is 2.22. The summed E-state index contributed by atoms with van der Waals surface area (Å²) in [4.78, 5) is 13.2. The number of nitriles is 1. The van der Waals surface area contributed by atoms with Crippen molar-refractivity contribution in [2.24, 2.45) is 11.8 Å². The van der Waals surface area contributed by atoms with Crippen molar-refractivity contribution in [2.75, 3.05) is 13.1 Å². The Hall–Kier alpha value is -1.04. The molecule has 0 N–H and O–H groups in total. The number of hydrogen-bond donors (Lipinski definition) is 0. The van der Waals surface area contributed by atoms with Crippen LogP contribution in [0.2, 0.25) is 0 Å². The fraction of sp³-hybridized carbons (Fsp3) is 0.800. The Morgan fingerprint density at radius 2 is 2.23 bits per heavy atom. The van der Waals surface area contributed by atoms with Gasteiger partial charge >= 0.3 is 0 Å². The first kappa shape index (κ1) is 10.0. The summed E-state index contributed by atoms with van der Waals surface area (Å²) in [6, 6.07) is 1.90. The molecule has 1 heterocycles. The van der Waals surface area contributed by atoms with Gasteiger partial charge in [0.25, 0.3) is 0 Å². The highest BCUT2D eigenvalue weighted by Gasteiger charge is 2.25. The first-order valence-corrected chi connectivity index (χ1v) is 4.80. The molecule has 0 aromatic carbocycles. The summed E-state index contributed by atoms with van der Waals surface area (Å²) in [6.07, 6.45) is 1.10. The van der Waals surface area contributed by atoms with Crippen LogP contribution in [0.4, 0.5) is 0 Å². The molecule has 1 amide bonds. The monoisotopic (exact) mass is 180 g/mol. The second kappa shape index (κ2) is 4.27. The van der Waals surface area contributed by atoms with Gasteiger partial charge in [-0.05, 0) is 18.3 Å². The van der Waals surface area contributed by atoms with E-state index in [9.17, 15) is 4.79 Å². The maximum atomic E-state index is 11.4. The van der Waals surface area contributed by atoms with Gasteiger partial charge in [-0.3, -0.25) is 4.79 Å². The van der Waals surface area contributed by atoms with Crippen LogP contribution >= 0.6 is 0 Å². The highest BCUT2D eigenvalue weighted by molar-refractivity contribution is 5.78. The molecule has 1 aliphatic rings. The number of amides is 1. The quantitative estimate of drug-likeness (QED) is 0.612. The molecule has 13 heavy (non-hydrogen) atoms. The van der Waals surface area contributed by atoms with Crippen molar-refractivity contribution in [1.82, 2.24) is 4.90 Å². The largest absolute Gasteiger partial charge is 0.342 e. The Kier molecular flexibility index (Phi) is 3.30. The van der Waals surface area contributed by atoms with Crippen molar-refractivity contribution < 1.29 is 4.79 Å². The molecule has 3 heteroatoms. The van der Waals surface area contributed by atoms with Gasteiger partial charge in [0.1, 0.15) is 6.42 Å². The standard InChI is InChI=1S/C10H16N2O/c1-8-4-6-12(7-9(8)2)10(13)3-5-11/h8-9H,3-4,6-7H2,1-2H3. The maximum Gasteiger partial charge on any atom is 0.236 e. The van der Waals surface area contributed by atoms with E-state index in [-0.39, 0.29) is 12.3 Å². The summed E-state index contributed by atoms with van der Waals surface area (Å²) >= 11 is 0. The third kappa shape index (κ3) is 2.45. The predicted molar refractivity (Wildman–Crippen MR) is 49.8 cm³/mol. The Balaban J connectivity index is 2.46. The van der Waals surface area contributed by atoms with Gasteiger partial charge in [0.2, 0.25) is 5.91 Å². The van der Waals surface area contributed by atoms with Crippen LogP contribution in [0.5, 0.6) is 0 Å². The lowest BCUT2D eigenvalue weighted by atomic mass is 9.88. The van der Waals surface area contributed by atoms with E-state index in [1.165, 1.54) is 0 Å². The average molecular weight is 180 g/mol. The van der Waals surface area contributed by atoms with E-state index in [2.05, 4.69) is 13.8 Å². The van der Waals surface area contributed by atoms with Crippen molar-refractivity contribution in [3.8, 4) is 6.07 Å². The second-order valence-electron chi connectivity index (χ2n) is 3.92. The van der Waals surface area contributed by atoms with Crippen molar-refractivity contribution in [3.63, 3.8) is 0 Å². The third-order valence-electron chi connectivity index (χ3n) is 2.92. The first-order valence-electron chi connectivity index (χ1n) is 4.80. The smallest absolute Gasteiger partial charge is 0.236 e. The molecule has 0 aromatic heterocycles. The van der Waals surface area contributed by atoms with Crippen molar-refractivity contribution in [2.45, 2.75) is 26.7 Å². The van der Waals surface area contributed by atoms with Gasteiger partial charge in [0.15, 0.2) is 0 Å². The SMILES string of the molecule is CC1CCN(C(=O)CC#N)CC1C. The molecule has 0 radical (unpaired) electrons. The topological polar surface area (TPSA) is 44.1 Å². The van der Waals surface area contributed by atoms with Crippen molar-refractivity contribution in [1.29, 1.82) is 5.26 Å². The van der Waals surface area contributed by atoms with Gasteiger partial charge < -0.3 is 4.90 Å². The summed E-state index contributed by atoms with van der Waals surface area (Å²) in [6.45, 7) is 6.03. The lowest BCUT2D eigenvalue weighted by Crippen LogP contribution is -2.41. The molecule has 0 bridgehead atoms. The van der Waals surface area contributed by atoms with Crippen LogP contribution in [0.1, 0.15) is 26.7 Å². The van der Waals surface area contributed by atoms with Crippen molar-refractivity contribution in [3.05, 3.63) is 0 Å². The zero-order valence-corrected chi connectivity index (χ0v) is 8.29. The van der Waals surface area contributed by atoms with Crippen molar-refractivity contribution >= 4 is 5.91 Å². The molecule has 0 spiro atoms. The van der Waals surface area contributed by atoms with E-state index >= 15 is 0 Å².